The maximum absolute atomic E-state index is 7.13. The van der Waals surface area contributed by atoms with Crippen molar-refractivity contribution in [1.82, 2.24) is 0 Å². The Morgan fingerprint density at radius 1 is 1.17 bits per heavy atom. The van der Waals surface area contributed by atoms with Crippen LogP contribution in [-0.2, 0) is 0 Å². The van der Waals surface area contributed by atoms with E-state index < -0.39 is 0 Å². The SMILES string of the molecule is [C-]#[N+]C1CCCCC1C(C)(C)C. The van der Waals surface area contributed by atoms with Gasteiger partial charge in [0.05, 0.1) is 0 Å². The minimum Gasteiger partial charge on any atom is -0.313 e. The zero-order valence-electron chi connectivity index (χ0n) is 8.43. The van der Waals surface area contributed by atoms with Gasteiger partial charge in [0.2, 0.25) is 6.04 Å². The molecule has 0 saturated heterocycles. The molecule has 0 aliphatic heterocycles. The highest BCUT2D eigenvalue weighted by Gasteiger charge is 2.37. The van der Waals surface area contributed by atoms with Gasteiger partial charge in [0.1, 0.15) is 0 Å². The van der Waals surface area contributed by atoms with Crippen molar-refractivity contribution in [1.29, 1.82) is 0 Å². The normalized spacial score (nSPS) is 31.2. The summed E-state index contributed by atoms with van der Waals surface area (Å²) >= 11 is 0. The van der Waals surface area contributed by atoms with Crippen LogP contribution in [0.5, 0.6) is 0 Å². The average molecular weight is 165 g/mol. The quantitative estimate of drug-likeness (QED) is 0.484. The lowest BCUT2D eigenvalue weighted by Crippen LogP contribution is -2.32. The van der Waals surface area contributed by atoms with Crippen LogP contribution < -0.4 is 0 Å². The van der Waals surface area contributed by atoms with Gasteiger partial charge >= 0.3 is 0 Å². The van der Waals surface area contributed by atoms with Gasteiger partial charge in [-0.3, -0.25) is 0 Å². The fourth-order valence-corrected chi connectivity index (χ4v) is 2.28. The Morgan fingerprint density at radius 3 is 2.17 bits per heavy atom. The van der Waals surface area contributed by atoms with Crippen LogP contribution in [0.2, 0.25) is 0 Å². The van der Waals surface area contributed by atoms with Crippen LogP contribution in [0.25, 0.3) is 4.85 Å². The minimum atomic E-state index is 0.304. The summed E-state index contributed by atoms with van der Waals surface area (Å²) in [4.78, 5) is 3.75. The first kappa shape index (κ1) is 9.58. The van der Waals surface area contributed by atoms with E-state index in [0.717, 1.165) is 6.42 Å². The van der Waals surface area contributed by atoms with Crippen LogP contribution in [0, 0.1) is 17.9 Å². The van der Waals surface area contributed by atoms with Crippen molar-refractivity contribution in [3.05, 3.63) is 11.4 Å². The molecule has 68 valence electrons. The fourth-order valence-electron chi connectivity index (χ4n) is 2.28. The van der Waals surface area contributed by atoms with Gasteiger partial charge in [0.15, 0.2) is 0 Å². The smallest absolute Gasteiger partial charge is 0.227 e. The maximum atomic E-state index is 7.13. The summed E-state index contributed by atoms with van der Waals surface area (Å²) in [7, 11) is 0. The van der Waals surface area contributed by atoms with Gasteiger partial charge in [-0.2, -0.15) is 0 Å². The van der Waals surface area contributed by atoms with E-state index in [1.807, 2.05) is 0 Å². The van der Waals surface area contributed by atoms with E-state index >= 15 is 0 Å². The topological polar surface area (TPSA) is 4.36 Å². The van der Waals surface area contributed by atoms with Gasteiger partial charge in [0.25, 0.3) is 0 Å². The van der Waals surface area contributed by atoms with Crippen molar-refractivity contribution in [3.8, 4) is 0 Å². The molecule has 1 saturated carbocycles. The second kappa shape index (κ2) is 3.47. The fraction of sp³-hybridized carbons (Fsp3) is 0.909. The van der Waals surface area contributed by atoms with Crippen molar-refractivity contribution in [2.24, 2.45) is 11.3 Å². The molecular formula is C11H19N. The third-order valence-corrected chi connectivity index (χ3v) is 3.01. The molecule has 1 heteroatoms. The second-order valence-electron chi connectivity index (χ2n) is 4.95. The predicted octanol–water partition coefficient (Wildman–Crippen LogP) is 3.51. The Morgan fingerprint density at radius 2 is 1.75 bits per heavy atom. The van der Waals surface area contributed by atoms with Gasteiger partial charge < -0.3 is 4.85 Å². The first-order chi connectivity index (χ1) is 5.55. The highest BCUT2D eigenvalue weighted by atomic mass is 14.7. The highest BCUT2D eigenvalue weighted by Crippen LogP contribution is 2.39. The van der Waals surface area contributed by atoms with Crippen LogP contribution in [0.4, 0.5) is 0 Å². The molecule has 1 fully saturated rings. The molecule has 1 nitrogen and oxygen atoms in total. The van der Waals surface area contributed by atoms with Crippen molar-refractivity contribution in [2.75, 3.05) is 0 Å². The lowest BCUT2D eigenvalue weighted by Gasteiger charge is -2.34. The molecule has 12 heavy (non-hydrogen) atoms. The summed E-state index contributed by atoms with van der Waals surface area (Å²) in [5.74, 6) is 0.628. The van der Waals surface area contributed by atoms with Gasteiger partial charge in [-0.1, -0.05) is 27.2 Å². The number of hydrogen-bond acceptors (Lipinski definition) is 0. The molecule has 0 heterocycles. The van der Waals surface area contributed by atoms with Gasteiger partial charge in [-0.15, -0.1) is 0 Å². The summed E-state index contributed by atoms with van der Waals surface area (Å²) in [5.41, 5.74) is 0.329. The third kappa shape index (κ3) is 2.00. The highest BCUT2D eigenvalue weighted by molar-refractivity contribution is 4.94. The van der Waals surface area contributed by atoms with E-state index in [-0.39, 0.29) is 0 Å². The molecule has 0 bridgehead atoms. The first-order valence-electron chi connectivity index (χ1n) is 4.92. The second-order valence-corrected chi connectivity index (χ2v) is 4.95. The molecule has 1 rings (SSSR count). The van der Waals surface area contributed by atoms with Gasteiger partial charge in [0, 0.05) is 12.3 Å². The Hall–Kier alpha value is -0.510. The zero-order chi connectivity index (χ0) is 9.19. The standard InChI is InChI=1S/C11H19N/c1-11(2,3)9-7-5-6-8-10(9)12-4/h9-10H,5-8H2,1-3H3. The largest absolute Gasteiger partial charge is 0.313 e. The summed E-state index contributed by atoms with van der Waals surface area (Å²) < 4.78 is 0. The maximum Gasteiger partial charge on any atom is 0.227 e. The van der Waals surface area contributed by atoms with Crippen LogP contribution in [-0.4, -0.2) is 6.04 Å². The van der Waals surface area contributed by atoms with Crippen molar-refractivity contribution >= 4 is 0 Å². The van der Waals surface area contributed by atoms with Crippen LogP contribution in [0.3, 0.4) is 0 Å². The minimum absolute atomic E-state index is 0.304. The molecule has 0 aromatic carbocycles. The van der Waals surface area contributed by atoms with E-state index in [9.17, 15) is 0 Å². The Bertz CT molecular complexity index is 182. The molecule has 1 aliphatic rings. The lowest BCUT2D eigenvalue weighted by molar-refractivity contribution is 0.170. The van der Waals surface area contributed by atoms with Crippen molar-refractivity contribution < 1.29 is 0 Å². The summed E-state index contributed by atoms with van der Waals surface area (Å²) in [5, 5.41) is 0. The van der Waals surface area contributed by atoms with Crippen LogP contribution in [0.1, 0.15) is 46.5 Å². The predicted molar refractivity (Wildman–Crippen MR) is 51.8 cm³/mol. The molecule has 0 aromatic heterocycles. The molecule has 0 N–H and O–H groups in total. The van der Waals surface area contributed by atoms with E-state index in [1.54, 1.807) is 0 Å². The van der Waals surface area contributed by atoms with E-state index in [4.69, 9.17) is 6.57 Å². The van der Waals surface area contributed by atoms with Crippen LogP contribution in [0.15, 0.2) is 0 Å². The van der Waals surface area contributed by atoms with E-state index in [0.29, 0.717) is 17.4 Å². The van der Waals surface area contributed by atoms with Gasteiger partial charge in [-0.25, -0.2) is 6.57 Å². The molecule has 2 atom stereocenters. The Labute approximate surface area is 76.0 Å². The molecule has 0 radical (unpaired) electrons. The average Bonchev–Trinajstić information content (AvgIpc) is 2.03. The van der Waals surface area contributed by atoms with Crippen molar-refractivity contribution in [3.63, 3.8) is 0 Å². The number of hydrogen-bond donors (Lipinski definition) is 0. The molecule has 0 spiro atoms. The molecule has 1 aliphatic carbocycles. The van der Waals surface area contributed by atoms with Crippen LogP contribution >= 0.6 is 0 Å². The summed E-state index contributed by atoms with van der Waals surface area (Å²) in [6.07, 6.45) is 4.98. The monoisotopic (exact) mass is 165 g/mol. The van der Waals surface area contributed by atoms with Gasteiger partial charge in [-0.05, 0) is 18.3 Å². The Balaban J connectivity index is 2.67. The first-order valence-corrected chi connectivity index (χ1v) is 4.92. The molecule has 0 amide bonds. The van der Waals surface area contributed by atoms with Crippen molar-refractivity contribution in [2.45, 2.75) is 52.5 Å². The third-order valence-electron chi connectivity index (χ3n) is 3.01. The molecular weight excluding hydrogens is 146 g/mol. The lowest BCUT2D eigenvalue weighted by atomic mass is 9.70. The summed E-state index contributed by atoms with van der Waals surface area (Å²) in [6, 6.07) is 0.304. The molecule has 2 unspecified atom stereocenters. The number of nitrogens with zero attached hydrogens (tertiary/aromatic N) is 1. The van der Waals surface area contributed by atoms with E-state index in [1.165, 1.54) is 19.3 Å². The molecule has 0 aromatic rings. The summed E-state index contributed by atoms with van der Waals surface area (Å²) in [6.45, 7) is 13.9. The van der Waals surface area contributed by atoms with E-state index in [2.05, 4.69) is 25.6 Å². The zero-order valence-corrected chi connectivity index (χ0v) is 8.43. The Kier molecular flexibility index (Phi) is 2.77. The number of rotatable bonds is 0.